The van der Waals surface area contributed by atoms with E-state index in [1.54, 1.807) is 0 Å². The Morgan fingerprint density at radius 1 is 1.38 bits per heavy atom. The van der Waals surface area contributed by atoms with Gasteiger partial charge in [0, 0.05) is 6.42 Å². The SMILES string of the molecule is CC#CCC(C)=CCCNCCC. The van der Waals surface area contributed by atoms with Crippen molar-refractivity contribution in [3.63, 3.8) is 0 Å². The molecule has 0 atom stereocenters. The third kappa shape index (κ3) is 9.17. The van der Waals surface area contributed by atoms with Gasteiger partial charge in [-0.15, -0.1) is 5.92 Å². The first-order valence-electron chi connectivity index (χ1n) is 5.07. The summed E-state index contributed by atoms with van der Waals surface area (Å²) in [6.07, 6.45) is 5.53. The van der Waals surface area contributed by atoms with Crippen LogP contribution < -0.4 is 5.32 Å². The molecule has 0 saturated carbocycles. The van der Waals surface area contributed by atoms with Crippen molar-refractivity contribution in [3.8, 4) is 11.8 Å². The Hall–Kier alpha value is -0.740. The van der Waals surface area contributed by atoms with Gasteiger partial charge in [-0.25, -0.2) is 0 Å². The van der Waals surface area contributed by atoms with E-state index in [0.29, 0.717) is 0 Å². The van der Waals surface area contributed by atoms with E-state index in [0.717, 1.165) is 25.9 Å². The lowest BCUT2D eigenvalue weighted by Gasteiger charge is -1.99. The second-order valence-electron chi connectivity index (χ2n) is 3.19. The van der Waals surface area contributed by atoms with E-state index in [1.165, 1.54) is 12.0 Å². The molecule has 1 N–H and O–H groups in total. The van der Waals surface area contributed by atoms with Crippen molar-refractivity contribution in [1.29, 1.82) is 0 Å². The van der Waals surface area contributed by atoms with Crippen molar-refractivity contribution >= 4 is 0 Å². The Kier molecular flexibility index (Phi) is 8.82. The molecule has 0 aliphatic heterocycles. The first kappa shape index (κ1) is 12.3. The molecule has 74 valence electrons. The predicted molar refractivity (Wildman–Crippen MR) is 59.6 cm³/mol. The number of allylic oxidation sites excluding steroid dienone is 1. The van der Waals surface area contributed by atoms with Crippen LogP contribution in [0.25, 0.3) is 0 Å². The van der Waals surface area contributed by atoms with Crippen molar-refractivity contribution < 1.29 is 0 Å². The monoisotopic (exact) mass is 179 g/mol. The first-order chi connectivity index (χ1) is 6.31. The van der Waals surface area contributed by atoms with Crippen LogP contribution in [0.4, 0.5) is 0 Å². The minimum atomic E-state index is 0.921. The van der Waals surface area contributed by atoms with Crippen LogP contribution in [0.3, 0.4) is 0 Å². The molecule has 0 unspecified atom stereocenters. The van der Waals surface area contributed by atoms with Crippen LogP contribution in [0.15, 0.2) is 11.6 Å². The van der Waals surface area contributed by atoms with Crippen molar-refractivity contribution in [2.45, 2.75) is 40.0 Å². The molecule has 0 aliphatic carbocycles. The Morgan fingerprint density at radius 2 is 2.15 bits per heavy atom. The maximum atomic E-state index is 3.37. The standard InChI is InChI=1S/C12H21N/c1-4-6-8-12(3)9-7-11-13-10-5-2/h9,13H,5,7-8,10-11H2,1-3H3. The van der Waals surface area contributed by atoms with Gasteiger partial charge in [-0.1, -0.05) is 24.5 Å². The van der Waals surface area contributed by atoms with Crippen LogP contribution in [0.2, 0.25) is 0 Å². The maximum Gasteiger partial charge on any atom is 0.0296 e. The van der Waals surface area contributed by atoms with Crippen molar-refractivity contribution in [2.24, 2.45) is 0 Å². The van der Waals surface area contributed by atoms with Gasteiger partial charge in [0.2, 0.25) is 0 Å². The van der Waals surface area contributed by atoms with Gasteiger partial charge in [0.25, 0.3) is 0 Å². The first-order valence-corrected chi connectivity index (χ1v) is 5.07. The summed E-state index contributed by atoms with van der Waals surface area (Å²) in [5.41, 5.74) is 1.38. The molecule has 0 aromatic heterocycles. The number of hydrogen-bond donors (Lipinski definition) is 1. The quantitative estimate of drug-likeness (QED) is 0.375. The minimum Gasteiger partial charge on any atom is -0.316 e. The Labute approximate surface area is 82.6 Å². The van der Waals surface area contributed by atoms with Crippen LogP contribution >= 0.6 is 0 Å². The lowest BCUT2D eigenvalue weighted by molar-refractivity contribution is 0.677. The van der Waals surface area contributed by atoms with E-state index < -0.39 is 0 Å². The normalized spacial score (nSPS) is 10.8. The molecule has 1 heteroatoms. The van der Waals surface area contributed by atoms with Gasteiger partial charge in [-0.3, -0.25) is 0 Å². The molecule has 0 heterocycles. The zero-order valence-corrected chi connectivity index (χ0v) is 9.11. The summed E-state index contributed by atoms with van der Waals surface area (Å²) in [5, 5.41) is 3.37. The fourth-order valence-electron chi connectivity index (χ4n) is 1.02. The minimum absolute atomic E-state index is 0.921. The Bertz CT molecular complexity index is 193. The Morgan fingerprint density at radius 3 is 2.77 bits per heavy atom. The largest absolute Gasteiger partial charge is 0.316 e. The lowest BCUT2D eigenvalue weighted by atomic mass is 10.2. The molecule has 0 aromatic rings. The molecule has 0 spiro atoms. The van der Waals surface area contributed by atoms with Crippen LogP contribution in [0.5, 0.6) is 0 Å². The fraction of sp³-hybridized carbons (Fsp3) is 0.667. The number of hydrogen-bond acceptors (Lipinski definition) is 1. The molecule has 0 radical (unpaired) electrons. The van der Waals surface area contributed by atoms with Crippen LogP contribution in [-0.4, -0.2) is 13.1 Å². The summed E-state index contributed by atoms with van der Waals surface area (Å²) >= 11 is 0. The molecule has 0 aromatic carbocycles. The van der Waals surface area contributed by atoms with Crippen LogP contribution in [0.1, 0.15) is 40.0 Å². The second kappa shape index (κ2) is 9.35. The van der Waals surface area contributed by atoms with Gasteiger partial charge >= 0.3 is 0 Å². The van der Waals surface area contributed by atoms with Gasteiger partial charge in [0.1, 0.15) is 0 Å². The number of rotatable bonds is 6. The van der Waals surface area contributed by atoms with Gasteiger partial charge in [0.15, 0.2) is 0 Å². The molecule has 1 nitrogen and oxygen atoms in total. The van der Waals surface area contributed by atoms with Gasteiger partial charge in [-0.2, -0.15) is 0 Å². The van der Waals surface area contributed by atoms with Gasteiger partial charge in [0.05, 0.1) is 0 Å². The highest BCUT2D eigenvalue weighted by Gasteiger charge is 1.86. The summed E-state index contributed by atoms with van der Waals surface area (Å²) in [7, 11) is 0. The van der Waals surface area contributed by atoms with E-state index in [1.807, 2.05) is 6.92 Å². The lowest BCUT2D eigenvalue weighted by Crippen LogP contribution is -2.15. The van der Waals surface area contributed by atoms with Crippen molar-refractivity contribution in [3.05, 3.63) is 11.6 Å². The highest BCUT2D eigenvalue weighted by molar-refractivity contribution is 5.10. The molecule has 13 heavy (non-hydrogen) atoms. The van der Waals surface area contributed by atoms with Gasteiger partial charge < -0.3 is 5.32 Å². The van der Waals surface area contributed by atoms with Crippen molar-refractivity contribution in [2.75, 3.05) is 13.1 Å². The Balaban J connectivity index is 3.40. The summed E-state index contributed by atoms with van der Waals surface area (Å²) in [5.74, 6) is 5.96. The molecule has 0 aliphatic rings. The topological polar surface area (TPSA) is 12.0 Å². The third-order valence-corrected chi connectivity index (χ3v) is 1.78. The molecular formula is C12H21N. The zero-order chi connectivity index (χ0) is 9.94. The summed E-state index contributed by atoms with van der Waals surface area (Å²) in [6.45, 7) is 8.43. The summed E-state index contributed by atoms with van der Waals surface area (Å²) in [4.78, 5) is 0. The van der Waals surface area contributed by atoms with E-state index in [2.05, 4.69) is 37.1 Å². The van der Waals surface area contributed by atoms with Crippen LogP contribution in [0, 0.1) is 11.8 Å². The van der Waals surface area contributed by atoms with E-state index in [-0.39, 0.29) is 0 Å². The highest BCUT2D eigenvalue weighted by atomic mass is 14.8. The molecule has 0 bridgehead atoms. The third-order valence-electron chi connectivity index (χ3n) is 1.78. The van der Waals surface area contributed by atoms with Crippen LogP contribution in [-0.2, 0) is 0 Å². The highest BCUT2D eigenvalue weighted by Crippen LogP contribution is 1.99. The smallest absolute Gasteiger partial charge is 0.0296 e. The molecule has 0 rings (SSSR count). The van der Waals surface area contributed by atoms with Gasteiger partial charge in [-0.05, 0) is 39.8 Å². The predicted octanol–water partition coefficient (Wildman–Crippen LogP) is 2.74. The summed E-state index contributed by atoms with van der Waals surface area (Å²) in [6, 6.07) is 0. The molecule has 0 amide bonds. The van der Waals surface area contributed by atoms with E-state index >= 15 is 0 Å². The zero-order valence-electron chi connectivity index (χ0n) is 9.11. The fourth-order valence-corrected chi connectivity index (χ4v) is 1.02. The summed E-state index contributed by atoms with van der Waals surface area (Å²) < 4.78 is 0. The molecular weight excluding hydrogens is 158 g/mol. The van der Waals surface area contributed by atoms with E-state index in [4.69, 9.17) is 0 Å². The molecule has 0 saturated heterocycles. The average Bonchev–Trinajstić information content (AvgIpc) is 2.14. The van der Waals surface area contributed by atoms with Crippen molar-refractivity contribution in [1.82, 2.24) is 5.32 Å². The average molecular weight is 179 g/mol. The second-order valence-corrected chi connectivity index (χ2v) is 3.19. The maximum absolute atomic E-state index is 3.37. The number of nitrogens with one attached hydrogen (secondary N) is 1. The molecule has 0 fully saturated rings. The van der Waals surface area contributed by atoms with E-state index in [9.17, 15) is 0 Å².